The monoisotopic (exact) mass is 391 g/mol. The Labute approximate surface area is 162 Å². The summed E-state index contributed by atoms with van der Waals surface area (Å²) >= 11 is 6.02. The first kappa shape index (κ1) is 18.0. The molecule has 9 heteroatoms. The Hall–Kier alpha value is -2.35. The summed E-state index contributed by atoms with van der Waals surface area (Å²) < 4.78 is 0. The summed E-state index contributed by atoms with van der Waals surface area (Å²) in [6.45, 7) is 2.57. The third-order valence-electron chi connectivity index (χ3n) is 5.64. The average Bonchev–Trinajstić information content (AvgIpc) is 3.46. The van der Waals surface area contributed by atoms with Crippen molar-refractivity contribution in [2.75, 3.05) is 31.1 Å². The number of aromatic nitrogens is 1. The molecular formula is C18H22ClN5O3. The number of hydrogen-bond donors (Lipinski definition) is 2. The van der Waals surface area contributed by atoms with Crippen LogP contribution in [0.4, 0.5) is 10.6 Å². The number of amides is 4. The molecule has 0 bridgehead atoms. The predicted octanol–water partition coefficient (Wildman–Crippen LogP) is 1.15. The van der Waals surface area contributed by atoms with Crippen LogP contribution in [0.1, 0.15) is 25.7 Å². The number of hydrogen-bond acceptors (Lipinski definition) is 5. The van der Waals surface area contributed by atoms with Crippen molar-refractivity contribution >= 4 is 35.3 Å². The van der Waals surface area contributed by atoms with Crippen molar-refractivity contribution in [1.82, 2.24) is 20.5 Å². The standard InChI is InChI=1S/C18H22ClN5O3/c19-13-4-6-20-14(11-13)23-7-9-24(10-8-23)15(25)3-5-18(12-1-2-12)16(26)21-17(27)22-18/h4,6,11-12H,1-3,5,7-10H2,(H2,21,22,26,27). The highest BCUT2D eigenvalue weighted by molar-refractivity contribution is 6.30. The molecule has 3 aliphatic rings. The van der Waals surface area contributed by atoms with E-state index >= 15 is 0 Å². The van der Waals surface area contributed by atoms with E-state index in [2.05, 4.69) is 20.5 Å². The molecule has 3 heterocycles. The second kappa shape index (κ2) is 6.99. The number of urea groups is 1. The lowest BCUT2D eigenvalue weighted by atomic mass is 9.87. The minimum absolute atomic E-state index is 0.0164. The highest BCUT2D eigenvalue weighted by Gasteiger charge is 2.55. The van der Waals surface area contributed by atoms with Crippen molar-refractivity contribution in [2.45, 2.75) is 31.2 Å². The fourth-order valence-electron chi connectivity index (χ4n) is 3.96. The zero-order chi connectivity index (χ0) is 19.0. The van der Waals surface area contributed by atoms with Gasteiger partial charge < -0.3 is 15.1 Å². The third-order valence-corrected chi connectivity index (χ3v) is 5.88. The summed E-state index contributed by atoms with van der Waals surface area (Å²) in [5.74, 6) is 0.678. The molecule has 2 aliphatic heterocycles. The van der Waals surface area contributed by atoms with Crippen LogP contribution in [0.2, 0.25) is 5.02 Å². The van der Waals surface area contributed by atoms with E-state index in [4.69, 9.17) is 11.6 Å². The van der Waals surface area contributed by atoms with Gasteiger partial charge >= 0.3 is 6.03 Å². The first-order chi connectivity index (χ1) is 13.0. The van der Waals surface area contributed by atoms with E-state index in [1.165, 1.54) is 0 Å². The lowest BCUT2D eigenvalue weighted by molar-refractivity contribution is -0.132. The van der Waals surface area contributed by atoms with Crippen LogP contribution < -0.4 is 15.5 Å². The number of imide groups is 1. The topological polar surface area (TPSA) is 94.6 Å². The van der Waals surface area contributed by atoms with E-state index in [0.717, 1.165) is 18.7 Å². The summed E-state index contributed by atoms with van der Waals surface area (Å²) in [5.41, 5.74) is -0.903. The van der Waals surface area contributed by atoms with Crippen LogP contribution in [0.3, 0.4) is 0 Å². The molecule has 3 fully saturated rings. The molecule has 1 unspecified atom stereocenters. The molecule has 1 saturated carbocycles. The summed E-state index contributed by atoms with van der Waals surface area (Å²) in [6.07, 6.45) is 4.09. The Morgan fingerprint density at radius 3 is 2.59 bits per heavy atom. The highest BCUT2D eigenvalue weighted by Crippen LogP contribution is 2.43. The Morgan fingerprint density at radius 1 is 1.26 bits per heavy atom. The van der Waals surface area contributed by atoms with E-state index in [-0.39, 0.29) is 24.2 Å². The highest BCUT2D eigenvalue weighted by atomic mass is 35.5. The van der Waals surface area contributed by atoms with Crippen LogP contribution in [0.25, 0.3) is 0 Å². The van der Waals surface area contributed by atoms with Crippen molar-refractivity contribution in [3.8, 4) is 0 Å². The molecule has 1 aromatic rings. The smallest absolute Gasteiger partial charge is 0.322 e. The number of halogens is 1. The molecule has 144 valence electrons. The maximum absolute atomic E-state index is 12.7. The zero-order valence-corrected chi connectivity index (χ0v) is 15.7. The Bertz CT molecular complexity index is 776. The maximum Gasteiger partial charge on any atom is 0.322 e. The van der Waals surface area contributed by atoms with Crippen molar-refractivity contribution in [3.63, 3.8) is 0 Å². The van der Waals surface area contributed by atoms with Gasteiger partial charge in [-0.15, -0.1) is 0 Å². The van der Waals surface area contributed by atoms with Gasteiger partial charge in [-0.1, -0.05) is 11.6 Å². The van der Waals surface area contributed by atoms with Crippen LogP contribution in [-0.2, 0) is 9.59 Å². The van der Waals surface area contributed by atoms with Gasteiger partial charge in [-0.25, -0.2) is 9.78 Å². The maximum atomic E-state index is 12.7. The largest absolute Gasteiger partial charge is 0.353 e. The number of carbonyl (C=O) groups is 3. The molecule has 0 radical (unpaired) electrons. The summed E-state index contributed by atoms with van der Waals surface area (Å²) in [6, 6.07) is 3.10. The number of carbonyl (C=O) groups excluding carboxylic acids is 3. The van der Waals surface area contributed by atoms with Crippen LogP contribution in [0.15, 0.2) is 18.3 Å². The molecule has 8 nitrogen and oxygen atoms in total. The van der Waals surface area contributed by atoms with Crippen LogP contribution in [0, 0.1) is 5.92 Å². The normalized spacial score (nSPS) is 25.4. The van der Waals surface area contributed by atoms with Crippen LogP contribution in [-0.4, -0.2) is 59.4 Å². The van der Waals surface area contributed by atoms with Crippen LogP contribution in [0.5, 0.6) is 0 Å². The molecular weight excluding hydrogens is 370 g/mol. The van der Waals surface area contributed by atoms with Gasteiger partial charge in [0.1, 0.15) is 11.4 Å². The first-order valence-corrected chi connectivity index (χ1v) is 9.63. The number of nitrogens with one attached hydrogen (secondary N) is 2. The third kappa shape index (κ3) is 3.58. The van der Waals surface area contributed by atoms with E-state index in [1.54, 1.807) is 12.3 Å². The quantitative estimate of drug-likeness (QED) is 0.734. The van der Waals surface area contributed by atoms with Crippen molar-refractivity contribution < 1.29 is 14.4 Å². The molecule has 2 N–H and O–H groups in total. The van der Waals surface area contributed by atoms with Gasteiger partial charge in [0, 0.05) is 43.8 Å². The van der Waals surface area contributed by atoms with Gasteiger partial charge in [-0.2, -0.15) is 0 Å². The van der Waals surface area contributed by atoms with Gasteiger partial charge in [0.05, 0.1) is 0 Å². The molecule has 1 aromatic heterocycles. The Balaban J connectivity index is 1.32. The zero-order valence-electron chi connectivity index (χ0n) is 14.9. The molecule has 27 heavy (non-hydrogen) atoms. The number of piperazine rings is 1. The van der Waals surface area contributed by atoms with Gasteiger partial charge in [0.2, 0.25) is 5.91 Å². The van der Waals surface area contributed by atoms with E-state index < -0.39 is 11.6 Å². The number of rotatable bonds is 5. The average molecular weight is 392 g/mol. The van der Waals surface area contributed by atoms with Crippen molar-refractivity contribution in [1.29, 1.82) is 0 Å². The SMILES string of the molecule is O=C1NC(=O)C(CCC(=O)N2CCN(c3cc(Cl)ccn3)CC2)(C2CC2)N1. The van der Waals surface area contributed by atoms with Crippen molar-refractivity contribution in [2.24, 2.45) is 5.92 Å². The van der Waals surface area contributed by atoms with E-state index in [0.29, 0.717) is 37.6 Å². The van der Waals surface area contributed by atoms with E-state index in [9.17, 15) is 14.4 Å². The van der Waals surface area contributed by atoms with Gasteiger partial charge in [-0.3, -0.25) is 14.9 Å². The molecule has 4 amide bonds. The predicted molar refractivity (Wildman–Crippen MR) is 99.4 cm³/mol. The number of anilines is 1. The lowest BCUT2D eigenvalue weighted by Crippen LogP contribution is -2.52. The molecule has 4 rings (SSSR count). The molecule has 0 spiro atoms. The van der Waals surface area contributed by atoms with E-state index in [1.807, 2.05) is 11.0 Å². The molecule has 1 atom stereocenters. The first-order valence-electron chi connectivity index (χ1n) is 9.26. The van der Waals surface area contributed by atoms with Gasteiger partial charge in [0.25, 0.3) is 5.91 Å². The Kier molecular flexibility index (Phi) is 4.67. The summed E-state index contributed by atoms with van der Waals surface area (Å²) in [5, 5.41) is 5.73. The summed E-state index contributed by atoms with van der Waals surface area (Å²) in [4.78, 5) is 44.7. The second-order valence-corrected chi connectivity index (χ2v) is 7.79. The molecule has 2 saturated heterocycles. The van der Waals surface area contributed by atoms with Crippen molar-refractivity contribution in [3.05, 3.63) is 23.4 Å². The Morgan fingerprint density at radius 2 is 2.00 bits per heavy atom. The minimum Gasteiger partial charge on any atom is -0.353 e. The van der Waals surface area contributed by atoms with Crippen LogP contribution >= 0.6 is 11.6 Å². The summed E-state index contributed by atoms with van der Waals surface area (Å²) in [7, 11) is 0. The number of nitrogens with zero attached hydrogens (tertiary/aromatic N) is 3. The lowest BCUT2D eigenvalue weighted by Gasteiger charge is -2.36. The molecule has 0 aromatic carbocycles. The molecule has 1 aliphatic carbocycles. The number of pyridine rings is 1. The minimum atomic E-state index is -0.903. The van der Waals surface area contributed by atoms with Gasteiger partial charge in [0.15, 0.2) is 0 Å². The second-order valence-electron chi connectivity index (χ2n) is 7.35. The fourth-order valence-corrected chi connectivity index (χ4v) is 4.12. The fraction of sp³-hybridized carbons (Fsp3) is 0.556. The van der Waals surface area contributed by atoms with Gasteiger partial charge in [-0.05, 0) is 37.3 Å².